The first-order valence-corrected chi connectivity index (χ1v) is 8.10. The van der Waals surface area contributed by atoms with Gasteiger partial charge in [0.2, 0.25) is 0 Å². The Morgan fingerprint density at radius 3 is 2.77 bits per heavy atom. The van der Waals surface area contributed by atoms with E-state index in [1.165, 1.54) is 23.9 Å². The highest BCUT2D eigenvalue weighted by molar-refractivity contribution is 6.25. The molecule has 114 valence electrons. The lowest BCUT2D eigenvalue weighted by Crippen LogP contribution is -2.34. The maximum absolute atomic E-state index is 12.0. The van der Waals surface area contributed by atoms with Crippen LogP contribution in [0.3, 0.4) is 0 Å². The lowest BCUT2D eigenvalue weighted by Gasteiger charge is -2.34. The third-order valence-electron chi connectivity index (χ3n) is 5.04. The Bertz CT molecular complexity index is 732. The van der Waals surface area contributed by atoms with Gasteiger partial charge in [0.05, 0.1) is 0 Å². The summed E-state index contributed by atoms with van der Waals surface area (Å²) in [6.07, 6.45) is 3.55. The van der Waals surface area contributed by atoms with Crippen molar-refractivity contribution in [2.45, 2.75) is 19.3 Å². The molecule has 3 N–H and O–H groups in total. The molecule has 1 amide bonds. The highest BCUT2D eigenvalue weighted by atomic mass is 16.1. The number of piperidine rings is 1. The van der Waals surface area contributed by atoms with E-state index in [1.54, 1.807) is 0 Å². The van der Waals surface area contributed by atoms with E-state index >= 15 is 0 Å². The van der Waals surface area contributed by atoms with Crippen LogP contribution < -0.4 is 16.0 Å². The first-order valence-electron chi connectivity index (χ1n) is 8.10. The molecular formula is C18H21N3O. The van der Waals surface area contributed by atoms with Crippen LogP contribution in [0.4, 0.5) is 11.4 Å². The van der Waals surface area contributed by atoms with Gasteiger partial charge in [-0.05, 0) is 49.9 Å². The zero-order chi connectivity index (χ0) is 15.1. The minimum Gasteiger partial charge on any atom is -0.371 e. The lowest BCUT2D eigenvalue weighted by atomic mass is 9.92. The molecule has 0 spiro atoms. The predicted octanol–water partition coefficient (Wildman–Crippen LogP) is 2.97. The van der Waals surface area contributed by atoms with Crippen LogP contribution in [-0.4, -0.2) is 25.5 Å². The van der Waals surface area contributed by atoms with Crippen LogP contribution in [-0.2, 0) is 0 Å². The van der Waals surface area contributed by atoms with E-state index in [4.69, 9.17) is 5.73 Å². The van der Waals surface area contributed by atoms with Gasteiger partial charge in [-0.3, -0.25) is 4.79 Å². The summed E-state index contributed by atoms with van der Waals surface area (Å²) in [5.41, 5.74) is 8.67. The maximum Gasteiger partial charge on any atom is 0.256 e. The van der Waals surface area contributed by atoms with Gasteiger partial charge in [0, 0.05) is 40.8 Å². The van der Waals surface area contributed by atoms with E-state index in [9.17, 15) is 4.79 Å². The molecule has 0 aromatic heterocycles. The Hall–Kier alpha value is -2.07. The number of nitrogens with zero attached hydrogens (tertiary/aromatic N) is 1. The third kappa shape index (κ3) is 2.06. The number of carbonyl (C=O) groups is 1. The number of hydrogen-bond acceptors (Lipinski definition) is 3. The SMILES string of the molecule is NCCC1CCN(c2ccc3c4c(cccc24)C(=O)N3)CC1. The largest absolute Gasteiger partial charge is 0.371 e. The molecule has 4 nitrogen and oxygen atoms in total. The van der Waals surface area contributed by atoms with Crippen LogP contribution >= 0.6 is 0 Å². The molecule has 22 heavy (non-hydrogen) atoms. The molecule has 2 aromatic carbocycles. The second-order valence-corrected chi connectivity index (χ2v) is 6.32. The Labute approximate surface area is 130 Å². The maximum atomic E-state index is 12.0. The minimum absolute atomic E-state index is 0.0133. The van der Waals surface area contributed by atoms with Gasteiger partial charge in [-0.1, -0.05) is 12.1 Å². The van der Waals surface area contributed by atoms with E-state index in [0.717, 1.165) is 48.6 Å². The summed E-state index contributed by atoms with van der Waals surface area (Å²) >= 11 is 0. The van der Waals surface area contributed by atoms with Gasteiger partial charge in [-0.25, -0.2) is 0 Å². The van der Waals surface area contributed by atoms with Crippen molar-refractivity contribution >= 4 is 28.1 Å². The zero-order valence-corrected chi connectivity index (χ0v) is 12.6. The molecule has 2 aromatic rings. The molecule has 4 rings (SSSR count). The Balaban J connectivity index is 1.70. The van der Waals surface area contributed by atoms with Crippen LogP contribution in [0, 0.1) is 5.92 Å². The average molecular weight is 295 g/mol. The summed E-state index contributed by atoms with van der Waals surface area (Å²) in [5.74, 6) is 0.778. The van der Waals surface area contributed by atoms with Crippen molar-refractivity contribution in [3.8, 4) is 0 Å². The van der Waals surface area contributed by atoms with Gasteiger partial charge in [-0.15, -0.1) is 0 Å². The number of rotatable bonds is 3. The standard InChI is InChI=1S/C18H21N3O/c19-9-6-12-7-10-21(11-8-12)16-5-4-15-17-13(16)2-1-3-14(17)18(22)20-15/h1-5,12H,6-11,19H2,(H,20,22). The summed E-state index contributed by atoms with van der Waals surface area (Å²) in [5, 5.41) is 5.22. The van der Waals surface area contributed by atoms with Gasteiger partial charge < -0.3 is 16.0 Å². The number of anilines is 2. The number of carbonyl (C=O) groups excluding carboxylic acids is 1. The van der Waals surface area contributed by atoms with Crippen molar-refractivity contribution in [1.29, 1.82) is 0 Å². The summed E-state index contributed by atoms with van der Waals surface area (Å²) in [4.78, 5) is 14.5. The Kier molecular flexibility index (Phi) is 3.26. The quantitative estimate of drug-likeness (QED) is 0.915. The Morgan fingerprint density at radius 2 is 2.00 bits per heavy atom. The van der Waals surface area contributed by atoms with Crippen molar-refractivity contribution in [2.75, 3.05) is 29.9 Å². The van der Waals surface area contributed by atoms with E-state index in [0.29, 0.717) is 0 Å². The number of nitrogens with one attached hydrogen (secondary N) is 1. The van der Waals surface area contributed by atoms with Gasteiger partial charge in [0.15, 0.2) is 0 Å². The van der Waals surface area contributed by atoms with E-state index in [2.05, 4.69) is 22.3 Å². The van der Waals surface area contributed by atoms with Crippen molar-refractivity contribution < 1.29 is 4.79 Å². The molecule has 0 aliphatic carbocycles. The number of amides is 1. The van der Waals surface area contributed by atoms with Crippen molar-refractivity contribution in [3.05, 3.63) is 35.9 Å². The predicted molar refractivity (Wildman–Crippen MR) is 90.5 cm³/mol. The lowest BCUT2D eigenvalue weighted by molar-refractivity contribution is 0.103. The number of hydrogen-bond donors (Lipinski definition) is 2. The summed E-state index contributed by atoms with van der Waals surface area (Å²) in [6, 6.07) is 10.2. The zero-order valence-electron chi connectivity index (χ0n) is 12.6. The van der Waals surface area contributed by atoms with Crippen LogP contribution in [0.25, 0.3) is 10.8 Å². The normalized spacial score (nSPS) is 18.0. The number of nitrogens with two attached hydrogens (primary N) is 1. The number of benzene rings is 2. The van der Waals surface area contributed by atoms with Crippen LogP contribution in [0.15, 0.2) is 30.3 Å². The van der Waals surface area contributed by atoms with Gasteiger partial charge in [0.25, 0.3) is 5.91 Å². The topological polar surface area (TPSA) is 58.4 Å². The van der Waals surface area contributed by atoms with Gasteiger partial charge in [0.1, 0.15) is 0 Å². The molecule has 2 aliphatic rings. The molecule has 0 radical (unpaired) electrons. The molecule has 2 heterocycles. The van der Waals surface area contributed by atoms with E-state index in [-0.39, 0.29) is 5.91 Å². The van der Waals surface area contributed by atoms with E-state index in [1.807, 2.05) is 18.2 Å². The molecule has 0 saturated carbocycles. The minimum atomic E-state index is 0.0133. The molecule has 0 bridgehead atoms. The highest BCUT2D eigenvalue weighted by Gasteiger charge is 2.25. The molecule has 0 unspecified atom stereocenters. The van der Waals surface area contributed by atoms with Crippen LogP contribution in [0.5, 0.6) is 0 Å². The first kappa shape index (κ1) is 13.6. The molecule has 2 aliphatic heterocycles. The second kappa shape index (κ2) is 5.29. The van der Waals surface area contributed by atoms with Gasteiger partial charge >= 0.3 is 0 Å². The first-order chi connectivity index (χ1) is 10.8. The monoisotopic (exact) mass is 295 g/mol. The van der Waals surface area contributed by atoms with Gasteiger partial charge in [-0.2, -0.15) is 0 Å². The summed E-state index contributed by atoms with van der Waals surface area (Å²) in [7, 11) is 0. The highest BCUT2D eigenvalue weighted by Crippen LogP contribution is 2.39. The second-order valence-electron chi connectivity index (χ2n) is 6.32. The third-order valence-corrected chi connectivity index (χ3v) is 5.04. The molecule has 0 atom stereocenters. The molecule has 4 heteroatoms. The summed E-state index contributed by atoms with van der Waals surface area (Å²) < 4.78 is 0. The Morgan fingerprint density at radius 1 is 1.18 bits per heavy atom. The molecular weight excluding hydrogens is 274 g/mol. The van der Waals surface area contributed by atoms with Crippen molar-refractivity contribution in [3.63, 3.8) is 0 Å². The van der Waals surface area contributed by atoms with Crippen molar-refractivity contribution in [1.82, 2.24) is 0 Å². The fourth-order valence-corrected chi connectivity index (χ4v) is 3.85. The fourth-order valence-electron chi connectivity index (χ4n) is 3.85. The van der Waals surface area contributed by atoms with E-state index < -0.39 is 0 Å². The molecule has 1 saturated heterocycles. The smallest absolute Gasteiger partial charge is 0.256 e. The van der Waals surface area contributed by atoms with Crippen LogP contribution in [0.2, 0.25) is 0 Å². The average Bonchev–Trinajstić information content (AvgIpc) is 2.87. The molecule has 1 fully saturated rings. The van der Waals surface area contributed by atoms with Crippen LogP contribution in [0.1, 0.15) is 29.6 Å². The summed E-state index contributed by atoms with van der Waals surface area (Å²) in [6.45, 7) is 2.94. The fraction of sp³-hybridized carbons (Fsp3) is 0.389. The van der Waals surface area contributed by atoms with Crippen molar-refractivity contribution in [2.24, 2.45) is 11.7 Å².